The molecular formula is C14H24N2. The van der Waals surface area contributed by atoms with Crippen LogP contribution < -0.4 is 10.6 Å². The normalized spacial score (nSPS) is 12.9. The third-order valence-electron chi connectivity index (χ3n) is 2.90. The summed E-state index contributed by atoms with van der Waals surface area (Å²) >= 11 is 0. The van der Waals surface area contributed by atoms with E-state index in [1.807, 2.05) is 6.92 Å². The third kappa shape index (κ3) is 3.86. The smallest absolute Gasteiger partial charge is 0.0363 e. The zero-order valence-corrected chi connectivity index (χ0v) is 10.9. The highest BCUT2D eigenvalue weighted by atomic mass is 15.1. The average Bonchev–Trinajstić information content (AvgIpc) is 2.26. The molecule has 0 heterocycles. The predicted octanol–water partition coefficient (Wildman–Crippen LogP) is 3.19. The van der Waals surface area contributed by atoms with Gasteiger partial charge in [-0.1, -0.05) is 26.0 Å². The van der Waals surface area contributed by atoms with Crippen LogP contribution in [-0.4, -0.2) is 13.6 Å². The summed E-state index contributed by atoms with van der Waals surface area (Å²) in [5.74, 6) is 0.755. The number of benzene rings is 1. The average molecular weight is 220 g/mol. The topological polar surface area (TPSA) is 29.3 Å². The molecule has 0 unspecified atom stereocenters. The van der Waals surface area contributed by atoms with E-state index in [1.165, 1.54) is 17.7 Å². The van der Waals surface area contributed by atoms with Gasteiger partial charge in [-0.2, -0.15) is 0 Å². The Labute approximate surface area is 99.5 Å². The highest BCUT2D eigenvalue weighted by molar-refractivity contribution is 5.47. The minimum absolute atomic E-state index is 0.120. The van der Waals surface area contributed by atoms with E-state index in [4.69, 9.17) is 5.73 Å². The highest BCUT2D eigenvalue weighted by Gasteiger charge is 2.03. The molecule has 1 atom stereocenters. The second-order valence-electron chi connectivity index (χ2n) is 4.98. The third-order valence-corrected chi connectivity index (χ3v) is 2.90. The Morgan fingerprint density at radius 1 is 1.12 bits per heavy atom. The van der Waals surface area contributed by atoms with E-state index in [9.17, 15) is 0 Å². The van der Waals surface area contributed by atoms with Gasteiger partial charge in [-0.3, -0.25) is 0 Å². The van der Waals surface area contributed by atoms with Gasteiger partial charge in [0, 0.05) is 25.3 Å². The number of nitrogens with zero attached hydrogens (tertiary/aromatic N) is 1. The number of anilines is 1. The Balaban J connectivity index is 2.59. The molecule has 0 aliphatic heterocycles. The van der Waals surface area contributed by atoms with Crippen LogP contribution in [-0.2, 0) is 0 Å². The fraction of sp³-hybridized carbons (Fsp3) is 0.571. The van der Waals surface area contributed by atoms with Crippen LogP contribution in [0.5, 0.6) is 0 Å². The zero-order valence-electron chi connectivity index (χ0n) is 10.9. The standard InChI is InChI=1S/C14H24N2/c1-11(2)9-10-16(4)14-7-5-13(6-8-14)12(3)15/h5-8,11-12H,9-10,15H2,1-4H3/t12-/m0/s1. The van der Waals surface area contributed by atoms with Crippen molar-refractivity contribution in [2.45, 2.75) is 33.2 Å². The first-order valence-electron chi connectivity index (χ1n) is 6.07. The van der Waals surface area contributed by atoms with Gasteiger partial charge in [-0.25, -0.2) is 0 Å². The monoisotopic (exact) mass is 220 g/mol. The summed E-state index contributed by atoms with van der Waals surface area (Å²) in [4.78, 5) is 2.30. The maximum atomic E-state index is 5.82. The van der Waals surface area contributed by atoms with Crippen molar-refractivity contribution < 1.29 is 0 Å². The molecule has 2 heteroatoms. The Morgan fingerprint density at radius 3 is 2.12 bits per heavy atom. The van der Waals surface area contributed by atoms with Gasteiger partial charge in [0.15, 0.2) is 0 Å². The van der Waals surface area contributed by atoms with Gasteiger partial charge >= 0.3 is 0 Å². The van der Waals surface area contributed by atoms with Gasteiger partial charge < -0.3 is 10.6 Å². The lowest BCUT2D eigenvalue weighted by atomic mass is 10.1. The summed E-state index contributed by atoms with van der Waals surface area (Å²) in [5.41, 5.74) is 8.29. The maximum absolute atomic E-state index is 5.82. The molecule has 1 aromatic carbocycles. The summed E-state index contributed by atoms with van der Waals surface area (Å²) in [6.07, 6.45) is 1.23. The van der Waals surface area contributed by atoms with Crippen molar-refractivity contribution in [2.75, 3.05) is 18.5 Å². The number of rotatable bonds is 5. The van der Waals surface area contributed by atoms with E-state index in [-0.39, 0.29) is 6.04 Å². The van der Waals surface area contributed by atoms with Crippen molar-refractivity contribution in [3.8, 4) is 0 Å². The molecule has 0 spiro atoms. The molecule has 0 fully saturated rings. The van der Waals surface area contributed by atoms with E-state index in [1.54, 1.807) is 0 Å². The molecule has 0 bridgehead atoms. The van der Waals surface area contributed by atoms with Gasteiger partial charge in [-0.15, -0.1) is 0 Å². The molecule has 0 aliphatic rings. The summed E-state index contributed by atoms with van der Waals surface area (Å²) in [5, 5.41) is 0. The summed E-state index contributed by atoms with van der Waals surface area (Å²) in [7, 11) is 2.14. The second-order valence-corrected chi connectivity index (χ2v) is 4.98. The van der Waals surface area contributed by atoms with Crippen LogP contribution in [0.15, 0.2) is 24.3 Å². The first kappa shape index (κ1) is 13.0. The fourth-order valence-electron chi connectivity index (χ4n) is 1.61. The SMILES string of the molecule is CC(C)CCN(C)c1ccc([C@H](C)N)cc1. The molecule has 1 aromatic rings. The molecule has 1 rings (SSSR count). The lowest BCUT2D eigenvalue weighted by molar-refractivity contribution is 0.585. The van der Waals surface area contributed by atoms with E-state index in [0.29, 0.717) is 0 Å². The van der Waals surface area contributed by atoms with E-state index in [0.717, 1.165) is 12.5 Å². The first-order valence-corrected chi connectivity index (χ1v) is 6.07. The largest absolute Gasteiger partial charge is 0.375 e. The lowest BCUT2D eigenvalue weighted by Crippen LogP contribution is -2.19. The molecule has 2 nitrogen and oxygen atoms in total. The van der Waals surface area contributed by atoms with Crippen LogP contribution in [0.1, 0.15) is 38.8 Å². The number of nitrogens with two attached hydrogens (primary N) is 1. The van der Waals surface area contributed by atoms with Crippen molar-refractivity contribution in [3.63, 3.8) is 0 Å². The molecule has 0 aliphatic carbocycles. The minimum Gasteiger partial charge on any atom is -0.375 e. The number of hydrogen-bond donors (Lipinski definition) is 1. The minimum atomic E-state index is 0.120. The van der Waals surface area contributed by atoms with E-state index in [2.05, 4.69) is 50.1 Å². The molecule has 90 valence electrons. The van der Waals surface area contributed by atoms with Gasteiger partial charge in [0.25, 0.3) is 0 Å². The predicted molar refractivity (Wildman–Crippen MR) is 71.8 cm³/mol. The van der Waals surface area contributed by atoms with Crippen LogP contribution in [0.4, 0.5) is 5.69 Å². The van der Waals surface area contributed by atoms with Crippen LogP contribution >= 0.6 is 0 Å². The summed E-state index contributed by atoms with van der Waals surface area (Å²) in [6.45, 7) is 7.63. The molecular weight excluding hydrogens is 196 g/mol. The van der Waals surface area contributed by atoms with Crippen LogP contribution in [0.2, 0.25) is 0 Å². The Hall–Kier alpha value is -1.02. The van der Waals surface area contributed by atoms with E-state index >= 15 is 0 Å². The van der Waals surface area contributed by atoms with Crippen molar-refractivity contribution >= 4 is 5.69 Å². The van der Waals surface area contributed by atoms with Gasteiger partial charge in [-0.05, 0) is 37.0 Å². The fourth-order valence-corrected chi connectivity index (χ4v) is 1.61. The quantitative estimate of drug-likeness (QED) is 0.825. The van der Waals surface area contributed by atoms with Gasteiger partial charge in [0.05, 0.1) is 0 Å². The highest BCUT2D eigenvalue weighted by Crippen LogP contribution is 2.17. The first-order chi connectivity index (χ1) is 7.50. The number of hydrogen-bond acceptors (Lipinski definition) is 2. The second kappa shape index (κ2) is 5.90. The summed E-state index contributed by atoms with van der Waals surface area (Å²) in [6, 6.07) is 8.66. The lowest BCUT2D eigenvalue weighted by Gasteiger charge is -2.21. The van der Waals surface area contributed by atoms with E-state index < -0.39 is 0 Å². The molecule has 0 aromatic heterocycles. The molecule has 0 amide bonds. The molecule has 2 N–H and O–H groups in total. The molecule has 16 heavy (non-hydrogen) atoms. The summed E-state index contributed by atoms with van der Waals surface area (Å²) < 4.78 is 0. The molecule has 0 saturated carbocycles. The Bertz CT molecular complexity index is 301. The maximum Gasteiger partial charge on any atom is 0.0363 e. The van der Waals surface area contributed by atoms with Crippen molar-refractivity contribution in [2.24, 2.45) is 11.7 Å². The van der Waals surface area contributed by atoms with Crippen LogP contribution in [0.25, 0.3) is 0 Å². The Kier molecular flexibility index (Phi) is 4.81. The van der Waals surface area contributed by atoms with Crippen LogP contribution in [0, 0.1) is 5.92 Å². The van der Waals surface area contributed by atoms with Gasteiger partial charge in [0.2, 0.25) is 0 Å². The Morgan fingerprint density at radius 2 is 1.69 bits per heavy atom. The van der Waals surface area contributed by atoms with Crippen molar-refractivity contribution in [1.82, 2.24) is 0 Å². The van der Waals surface area contributed by atoms with Crippen LogP contribution in [0.3, 0.4) is 0 Å². The molecule has 0 saturated heterocycles. The van der Waals surface area contributed by atoms with Gasteiger partial charge in [0.1, 0.15) is 0 Å². The van der Waals surface area contributed by atoms with Crippen molar-refractivity contribution in [1.29, 1.82) is 0 Å². The van der Waals surface area contributed by atoms with Crippen molar-refractivity contribution in [3.05, 3.63) is 29.8 Å². The molecule has 0 radical (unpaired) electrons. The zero-order chi connectivity index (χ0) is 12.1.